The molecular formula is C12H27NO2. The zero-order valence-electron chi connectivity index (χ0n) is 10.9. The van der Waals surface area contributed by atoms with Crippen molar-refractivity contribution in [3.63, 3.8) is 0 Å². The lowest BCUT2D eigenvalue weighted by molar-refractivity contribution is -0.00936. The van der Waals surface area contributed by atoms with Crippen LogP contribution in [0.5, 0.6) is 0 Å². The van der Waals surface area contributed by atoms with Gasteiger partial charge in [0.15, 0.2) is 0 Å². The largest absolute Gasteiger partial charge is 0.380 e. The van der Waals surface area contributed by atoms with Crippen LogP contribution in [0, 0.1) is 5.92 Å². The van der Waals surface area contributed by atoms with E-state index in [1.54, 1.807) is 7.11 Å². The molecule has 0 aliphatic heterocycles. The Morgan fingerprint density at radius 3 is 2.40 bits per heavy atom. The van der Waals surface area contributed by atoms with Gasteiger partial charge in [0, 0.05) is 20.3 Å². The maximum Gasteiger partial charge on any atom is 0.0644 e. The summed E-state index contributed by atoms with van der Waals surface area (Å²) in [5.41, 5.74) is -0.0641. The van der Waals surface area contributed by atoms with E-state index in [1.807, 2.05) is 0 Å². The van der Waals surface area contributed by atoms with E-state index in [1.165, 1.54) is 0 Å². The molecule has 15 heavy (non-hydrogen) atoms. The highest BCUT2D eigenvalue weighted by Gasteiger charge is 2.15. The average molecular weight is 217 g/mol. The number of rotatable bonds is 9. The molecule has 0 amide bonds. The van der Waals surface area contributed by atoms with Crippen molar-refractivity contribution in [3.8, 4) is 0 Å². The molecule has 3 nitrogen and oxygen atoms in total. The molecule has 0 saturated heterocycles. The molecule has 0 heterocycles. The van der Waals surface area contributed by atoms with Crippen molar-refractivity contribution in [2.45, 2.75) is 39.7 Å². The smallest absolute Gasteiger partial charge is 0.0644 e. The second kappa shape index (κ2) is 8.08. The minimum atomic E-state index is -0.0641. The summed E-state index contributed by atoms with van der Waals surface area (Å²) in [6.07, 6.45) is 0.938. The van der Waals surface area contributed by atoms with Crippen LogP contribution in [0.15, 0.2) is 0 Å². The molecule has 0 atom stereocenters. The first-order valence-corrected chi connectivity index (χ1v) is 5.81. The molecule has 0 aromatic rings. The van der Waals surface area contributed by atoms with E-state index in [2.05, 4.69) is 33.0 Å². The van der Waals surface area contributed by atoms with Gasteiger partial charge in [-0.15, -0.1) is 0 Å². The van der Waals surface area contributed by atoms with Crippen molar-refractivity contribution in [1.82, 2.24) is 5.32 Å². The predicted octanol–water partition coefficient (Wildman–Crippen LogP) is 2.06. The van der Waals surface area contributed by atoms with Gasteiger partial charge in [-0.05, 0) is 32.7 Å². The second-order valence-corrected chi connectivity index (χ2v) is 4.92. The number of nitrogens with one attached hydrogen (secondary N) is 1. The minimum absolute atomic E-state index is 0.0641. The molecule has 0 rings (SSSR count). The molecule has 0 aromatic carbocycles. The van der Waals surface area contributed by atoms with Gasteiger partial charge in [0.05, 0.1) is 12.2 Å². The first-order chi connectivity index (χ1) is 6.98. The van der Waals surface area contributed by atoms with Crippen LogP contribution in [-0.4, -0.2) is 39.0 Å². The highest BCUT2D eigenvalue weighted by Crippen LogP contribution is 2.12. The Morgan fingerprint density at radius 1 is 1.20 bits per heavy atom. The Hall–Kier alpha value is -0.120. The summed E-state index contributed by atoms with van der Waals surface area (Å²) in [4.78, 5) is 0. The summed E-state index contributed by atoms with van der Waals surface area (Å²) in [6.45, 7) is 12.1. The maximum absolute atomic E-state index is 5.51. The normalized spacial score (nSPS) is 12.4. The lowest BCUT2D eigenvalue weighted by atomic mass is 10.1. The van der Waals surface area contributed by atoms with E-state index in [0.29, 0.717) is 5.92 Å². The van der Waals surface area contributed by atoms with Crippen molar-refractivity contribution in [3.05, 3.63) is 0 Å². The Morgan fingerprint density at radius 2 is 1.87 bits per heavy atom. The van der Waals surface area contributed by atoms with Gasteiger partial charge in [-0.3, -0.25) is 0 Å². The van der Waals surface area contributed by atoms with Gasteiger partial charge in [0.2, 0.25) is 0 Å². The first kappa shape index (κ1) is 14.9. The number of hydrogen-bond donors (Lipinski definition) is 1. The van der Waals surface area contributed by atoms with Gasteiger partial charge < -0.3 is 14.8 Å². The van der Waals surface area contributed by atoms with E-state index in [0.717, 1.165) is 32.7 Å². The summed E-state index contributed by atoms with van der Waals surface area (Å²) in [7, 11) is 1.74. The average Bonchev–Trinajstić information content (AvgIpc) is 2.16. The van der Waals surface area contributed by atoms with Crippen molar-refractivity contribution >= 4 is 0 Å². The standard InChI is InChI=1S/C12H27NO2/c1-11(2)10-13-7-9-15-8-6-12(3,4)14-5/h11,13H,6-10H2,1-5H3. The van der Waals surface area contributed by atoms with Crippen molar-refractivity contribution in [2.75, 3.05) is 33.4 Å². The Balaban J connectivity index is 3.18. The highest BCUT2D eigenvalue weighted by atomic mass is 16.5. The van der Waals surface area contributed by atoms with Gasteiger partial charge in [-0.2, -0.15) is 0 Å². The molecule has 0 spiro atoms. The maximum atomic E-state index is 5.51. The fraction of sp³-hybridized carbons (Fsp3) is 1.00. The van der Waals surface area contributed by atoms with Crippen LogP contribution < -0.4 is 5.32 Å². The summed E-state index contributed by atoms with van der Waals surface area (Å²) < 4.78 is 10.8. The zero-order chi connectivity index (χ0) is 11.7. The van der Waals surface area contributed by atoms with Gasteiger partial charge in [-0.1, -0.05) is 13.8 Å². The van der Waals surface area contributed by atoms with Crippen molar-refractivity contribution in [1.29, 1.82) is 0 Å². The predicted molar refractivity (Wildman–Crippen MR) is 64.2 cm³/mol. The molecule has 0 bridgehead atoms. The molecule has 1 N–H and O–H groups in total. The Kier molecular flexibility index (Phi) is 8.02. The van der Waals surface area contributed by atoms with Crippen LogP contribution in [0.3, 0.4) is 0 Å². The summed E-state index contributed by atoms with van der Waals surface area (Å²) >= 11 is 0. The van der Waals surface area contributed by atoms with E-state index >= 15 is 0 Å². The van der Waals surface area contributed by atoms with Gasteiger partial charge in [-0.25, -0.2) is 0 Å². The second-order valence-electron chi connectivity index (χ2n) is 4.92. The third-order valence-corrected chi connectivity index (χ3v) is 2.38. The molecule has 92 valence electrons. The molecule has 0 saturated carbocycles. The van der Waals surface area contributed by atoms with Crippen molar-refractivity contribution in [2.24, 2.45) is 5.92 Å². The van der Waals surface area contributed by atoms with E-state index < -0.39 is 0 Å². The lowest BCUT2D eigenvalue weighted by Gasteiger charge is -2.22. The van der Waals surface area contributed by atoms with E-state index in [-0.39, 0.29) is 5.60 Å². The van der Waals surface area contributed by atoms with Crippen LogP contribution in [0.2, 0.25) is 0 Å². The fourth-order valence-corrected chi connectivity index (χ4v) is 1.06. The van der Waals surface area contributed by atoms with Crippen LogP contribution >= 0.6 is 0 Å². The zero-order valence-corrected chi connectivity index (χ0v) is 10.9. The first-order valence-electron chi connectivity index (χ1n) is 5.81. The molecule has 0 radical (unpaired) electrons. The molecule has 0 fully saturated rings. The Labute approximate surface area is 94.5 Å². The Bertz CT molecular complexity index is 147. The van der Waals surface area contributed by atoms with Gasteiger partial charge in [0.25, 0.3) is 0 Å². The third-order valence-electron chi connectivity index (χ3n) is 2.38. The topological polar surface area (TPSA) is 30.5 Å². The molecule has 0 aliphatic rings. The van der Waals surface area contributed by atoms with Crippen LogP contribution in [-0.2, 0) is 9.47 Å². The molecular weight excluding hydrogens is 190 g/mol. The summed E-state index contributed by atoms with van der Waals surface area (Å²) in [5, 5.41) is 3.34. The molecule has 0 aliphatic carbocycles. The van der Waals surface area contributed by atoms with Crippen molar-refractivity contribution < 1.29 is 9.47 Å². The minimum Gasteiger partial charge on any atom is -0.380 e. The van der Waals surface area contributed by atoms with E-state index in [9.17, 15) is 0 Å². The molecule has 0 unspecified atom stereocenters. The number of methoxy groups -OCH3 is 1. The number of hydrogen-bond acceptors (Lipinski definition) is 3. The fourth-order valence-electron chi connectivity index (χ4n) is 1.06. The van der Waals surface area contributed by atoms with Gasteiger partial charge in [0.1, 0.15) is 0 Å². The highest BCUT2D eigenvalue weighted by molar-refractivity contribution is 4.66. The third kappa shape index (κ3) is 10.2. The molecule has 0 aromatic heterocycles. The van der Waals surface area contributed by atoms with Crippen LogP contribution in [0.1, 0.15) is 34.1 Å². The monoisotopic (exact) mass is 217 g/mol. The van der Waals surface area contributed by atoms with Gasteiger partial charge >= 0.3 is 0 Å². The number of ether oxygens (including phenoxy) is 2. The quantitative estimate of drug-likeness (QED) is 0.600. The summed E-state index contributed by atoms with van der Waals surface area (Å²) in [5.74, 6) is 0.706. The SMILES string of the molecule is COC(C)(C)CCOCCNCC(C)C. The van der Waals surface area contributed by atoms with Crippen LogP contribution in [0.25, 0.3) is 0 Å². The van der Waals surface area contributed by atoms with E-state index in [4.69, 9.17) is 9.47 Å². The molecule has 3 heteroatoms. The lowest BCUT2D eigenvalue weighted by Crippen LogP contribution is -2.27. The van der Waals surface area contributed by atoms with Crippen LogP contribution in [0.4, 0.5) is 0 Å². The summed E-state index contributed by atoms with van der Waals surface area (Å²) in [6, 6.07) is 0.